The standard InChI is InChI=1S/C16H15N3O4S/c20-24(21,14-9-12(14)11-5-2-1-3-6-11)17-10-15-18-16(23-19-15)13-7-4-8-22-13/h1-8,12,14,17H,9-10H2. The van der Waals surface area contributed by atoms with Crippen LogP contribution < -0.4 is 4.72 Å². The molecule has 2 unspecified atom stereocenters. The molecule has 1 N–H and O–H groups in total. The van der Waals surface area contributed by atoms with E-state index >= 15 is 0 Å². The van der Waals surface area contributed by atoms with E-state index in [0.717, 1.165) is 5.56 Å². The van der Waals surface area contributed by atoms with Crippen molar-refractivity contribution in [3.05, 3.63) is 60.1 Å². The van der Waals surface area contributed by atoms with E-state index in [1.165, 1.54) is 6.26 Å². The van der Waals surface area contributed by atoms with E-state index < -0.39 is 15.3 Å². The summed E-state index contributed by atoms with van der Waals surface area (Å²) in [5.41, 5.74) is 1.05. The lowest BCUT2D eigenvalue weighted by Gasteiger charge is -2.04. The normalized spacial score (nSPS) is 20.2. The topological polar surface area (TPSA) is 98.2 Å². The zero-order valence-corrected chi connectivity index (χ0v) is 13.4. The second kappa shape index (κ2) is 5.88. The van der Waals surface area contributed by atoms with Crippen LogP contribution >= 0.6 is 0 Å². The minimum atomic E-state index is -3.42. The van der Waals surface area contributed by atoms with Gasteiger partial charge in [0, 0.05) is 5.92 Å². The monoisotopic (exact) mass is 345 g/mol. The van der Waals surface area contributed by atoms with Crippen molar-refractivity contribution in [1.29, 1.82) is 0 Å². The molecule has 0 spiro atoms. The SMILES string of the molecule is O=S(=O)(NCc1noc(-c2ccco2)n1)C1CC1c1ccccc1. The first kappa shape index (κ1) is 15.1. The van der Waals surface area contributed by atoms with Gasteiger partial charge >= 0.3 is 0 Å². The molecule has 2 aromatic heterocycles. The summed E-state index contributed by atoms with van der Waals surface area (Å²) in [4.78, 5) is 4.11. The summed E-state index contributed by atoms with van der Waals surface area (Å²) in [5.74, 6) is 0.986. The summed E-state index contributed by atoms with van der Waals surface area (Å²) in [6.07, 6.45) is 2.13. The fourth-order valence-electron chi connectivity index (χ4n) is 2.66. The molecule has 0 bridgehead atoms. The average Bonchev–Trinajstić information content (AvgIpc) is 3.01. The Bertz CT molecular complexity index is 919. The molecule has 1 aliphatic carbocycles. The molecule has 4 rings (SSSR count). The number of benzene rings is 1. The van der Waals surface area contributed by atoms with Gasteiger partial charge in [-0.3, -0.25) is 0 Å². The van der Waals surface area contributed by atoms with Crippen molar-refractivity contribution in [1.82, 2.24) is 14.9 Å². The summed E-state index contributed by atoms with van der Waals surface area (Å²) < 4.78 is 37.5. The van der Waals surface area contributed by atoms with Gasteiger partial charge in [-0.15, -0.1) is 0 Å². The molecule has 8 heteroatoms. The second-order valence-corrected chi connectivity index (χ2v) is 7.63. The maximum atomic E-state index is 12.4. The summed E-state index contributed by atoms with van der Waals surface area (Å²) in [5, 5.41) is 3.35. The Kier molecular flexibility index (Phi) is 3.70. The second-order valence-electron chi connectivity index (χ2n) is 5.65. The maximum Gasteiger partial charge on any atom is 0.293 e. The molecule has 3 aromatic rings. The summed E-state index contributed by atoms with van der Waals surface area (Å²) in [7, 11) is -3.42. The highest BCUT2D eigenvalue weighted by atomic mass is 32.2. The summed E-state index contributed by atoms with van der Waals surface area (Å²) in [6.45, 7) is -0.00937. The molecular formula is C16H15N3O4S. The van der Waals surface area contributed by atoms with Crippen molar-refractivity contribution in [3.8, 4) is 11.7 Å². The van der Waals surface area contributed by atoms with Crippen molar-refractivity contribution in [2.75, 3.05) is 0 Å². The van der Waals surface area contributed by atoms with E-state index in [4.69, 9.17) is 8.94 Å². The quantitative estimate of drug-likeness (QED) is 0.736. The Balaban J connectivity index is 1.39. The van der Waals surface area contributed by atoms with Crippen LogP contribution in [0, 0.1) is 0 Å². The molecule has 1 saturated carbocycles. The molecule has 0 radical (unpaired) electrons. The van der Waals surface area contributed by atoms with Crippen molar-refractivity contribution >= 4 is 10.0 Å². The molecular weight excluding hydrogens is 330 g/mol. The molecule has 2 heterocycles. The van der Waals surface area contributed by atoms with Crippen LogP contribution in [0.15, 0.2) is 57.7 Å². The van der Waals surface area contributed by atoms with Crippen LogP contribution in [0.4, 0.5) is 0 Å². The Labute approximate surface area is 138 Å². The number of sulfonamides is 1. The number of nitrogens with zero attached hydrogens (tertiary/aromatic N) is 2. The Morgan fingerprint density at radius 3 is 2.75 bits per heavy atom. The third kappa shape index (κ3) is 2.98. The highest BCUT2D eigenvalue weighted by Gasteiger charge is 2.47. The van der Waals surface area contributed by atoms with Gasteiger partial charge in [-0.2, -0.15) is 4.98 Å². The molecule has 124 valence electrons. The van der Waals surface area contributed by atoms with Crippen LogP contribution in [0.5, 0.6) is 0 Å². The minimum Gasteiger partial charge on any atom is -0.459 e. The van der Waals surface area contributed by atoms with Crippen molar-refractivity contribution in [2.45, 2.75) is 24.1 Å². The predicted molar refractivity (Wildman–Crippen MR) is 85.3 cm³/mol. The number of nitrogens with one attached hydrogen (secondary N) is 1. The van der Waals surface area contributed by atoms with Crippen molar-refractivity contribution in [3.63, 3.8) is 0 Å². The lowest BCUT2D eigenvalue weighted by molar-refractivity contribution is 0.408. The third-order valence-corrected chi connectivity index (χ3v) is 5.85. The van der Waals surface area contributed by atoms with Gasteiger partial charge in [-0.1, -0.05) is 35.5 Å². The van der Waals surface area contributed by atoms with Gasteiger partial charge in [0.05, 0.1) is 18.1 Å². The van der Waals surface area contributed by atoms with Gasteiger partial charge in [-0.25, -0.2) is 13.1 Å². The van der Waals surface area contributed by atoms with Crippen LogP contribution in [0.1, 0.15) is 23.7 Å². The van der Waals surface area contributed by atoms with Crippen LogP contribution in [0.25, 0.3) is 11.7 Å². The van der Waals surface area contributed by atoms with E-state index in [-0.39, 0.29) is 24.2 Å². The smallest absolute Gasteiger partial charge is 0.293 e. The molecule has 2 atom stereocenters. The molecule has 1 fully saturated rings. The van der Waals surface area contributed by atoms with E-state index in [0.29, 0.717) is 12.2 Å². The molecule has 1 aliphatic rings. The molecule has 0 aliphatic heterocycles. The summed E-state index contributed by atoms with van der Waals surface area (Å²) in [6, 6.07) is 13.1. The van der Waals surface area contributed by atoms with Gasteiger partial charge in [0.25, 0.3) is 5.89 Å². The van der Waals surface area contributed by atoms with Gasteiger partial charge in [0.1, 0.15) is 0 Å². The zero-order valence-electron chi connectivity index (χ0n) is 12.6. The first-order valence-electron chi connectivity index (χ1n) is 7.53. The Hall–Kier alpha value is -2.45. The Morgan fingerprint density at radius 2 is 2.00 bits per heavy atom. The van der Waals surface area contributed by atoms with Crippen molar-refractivity contribution < 1.29 is 17.4 Å². The minimum absolute atomic E-state index is 0.00937. The molecule has 7 nitrogen and oxygen atoms in total. The number of hydrogen-bond donors (Lipinski definition) is 1. The average molecular weight is 345 g/mol. The lowest BCUT2D eigenvalue weighted by atomic mass is 10.1. The van der Waals surface area contributed by atoms with E-state index in [1.54, 1.807) is 12.1 Å². The molecule has 0 saturated heterocycles. The van der Waals surface area contributed by atoms with Gasteiger partial charge in [0.2, 0.25) is 10.0 Å². The first-order chi connectivity index (χ1) is 11.6. The molecule has 0 amide bonds. The number of furan rings is 1. The highest BCUT2D eigenvalue weighted by Crippen LogP contribution is 2.45. The third-order valence-electron chi connectivity index (χ3n) is 3.99. The van der Waals surface area contributed by atoms with Crippen LogP contribution in [-0.4, -0.2) is 23.8 Å². The van der Waals surface area contributed by atoms with Crippen LogP contribution in [0.3, 0.4) is 0 Å². The van der Waals surface area contributed by atoms with Gasteiger partial charge < -0.3 is 8.94 Å². The van der Waals surface area contributed by atoms with E-state index in [9.17, 15) is 8.42 Å². The molecule has 24 heavy (non-hydrogen) atoms. The largest absolute Gasteiger partial charge is 0.459 e. The van der Waals surface area contributed by atoms with E-state index in [2.05, 4.69) is 14.9 Å². The van der Waals surface area contributed by atoms with Crippen molar-refractivity contribution in [2.24, 2.45) is 0 Å². The fourth-order valence-corrected chi connectivity index (χ4v) is 4.26. The number of rotatable bonds is 6. The number of aromatic nitrogens is 2. The highest BCUT2D eigenvalue weighted by molar-refractivity contribution is 7.90. The Morgan fingerprint density at radius 1 is 1.17 bits per heavy atom. The lowest BCUT2D eigenvalue weighted by Crippen LogP contribution is -2.28. The van der Waals surface area contributed by atoms with Gasteiger partial charge in [-0.05, 0) is 24.1 Å². The van der Waals surface area contributed by atoms with Crippen LogP contribution in [-0.2, 0) is 16.6 Å². The van der Waals surface area contributed by atoms with E-state index in [1.807, 2.05) is 30.3 Å². The maximum absolute atomic E-state index is 12.4. The predicted octanol–water partition coefficient (Wildman–Crippen LogP) is 2.31. The molecule has 1 aromatic carbocycles. The fraction of sp³-hybridized carbons (Fsp3) is 0.250. The van der Waals surface area contributed by atoms with Gasteiger partial charge in [0.15, 0.2) is 11.6 Å². The summed E-state index contributed by atoms with van der Waals surface area (Å²) >= 11 is 0. The van der Waals surface area contributed by atoms with Crippen LogP contribution in [0.2, 0.25) is 0 Å². The zero-order chi connectivity index (χ0) is 16.6. The number of hydrogen-bond acceptors (Lipinski definition) is 6. The first-order valence-corrected chi connectivity index (χ1v) is 9.08.